The molecule has 1 aromatic rings. The molecule has 0 radical (unpaired) electrons. The van der Waals surface area contributed by atoms with Gasteiger partial charge in [0.25, 0.3) is 0 Å². The van der Waals surface area contributed by atoms with Gasteiger partial charge in [-0.3, -0.25) is 0 Å². The molecule has 0 bridgehead atoms. The highest BCUT2D eigenvalue weighted by atomic mass is 16.5. The van der Waals surface area contributed by atoms with Crippen molar-refractivity contribution in [3.8, 4) is 11.5 Å². The van der Waals surface area contributed by atoms with E-state index < -0.39 is 5.54 Å². The number of aliphatic hydroxyl groups excluding tert-OH is 1. The van der Waals surface area contributed by atoms with Crippen LogP contribution in [-0.2, 0) is 0 Å². The van der Waals surface area contributed by atoms with Crippen molar-refractivity contribution in [3.63, 3.8) is 0 Å². The highest BCUT2D eigenvalue weighted by Gasteiger charge is 2.15. The van der Waals surface area contributed by atoms with Gasteiger partial charge < -0.3 is 20.3 Å². The summed E-state index contributed by atoms with van der Waals surface area (Å²) in [4.78, 5) is 0. The summed E-state index contributed by atoms with van der Waals surface area (Å²) in [6.45, 7) is 5.14. The maximum absolute atomic E-state index is 9.04. The van der Waals surface area contributed by atoms with E-state index in [2.05, 4.69) is 0 Å². The van der Waals surface area contributed by atoms with Gasteiger partial charge in [0, 0.05) is 11.6 Å². The summed E-state index contributed by atoms with van der Waals surface area (Å²) >= 11 is 0. The minimum absolute atomic E-state index is 0.0181. The zero-order valence-electron chi connectivity index (χ0n) is 11.9. The third kappa shape index (κ3) is 6.45. The standard InChI is InChI=1S/C15H25NO3/c1-3-18-13-7-6-8-14(11-13)19-10-5-4-9-15(2,16)12-17/h6-8,11,17H,3-5,9-10,12,16H2,1-2H3. The Balaban J connectivity index is 2.24. The number of hydrogen-bond donors (Lipinski definition) is 2. The number of rotatable bonds is 9. The second-order valence-corrected chi connectivity index (χ2v) is 5.03. The van der Waals surface area contributed by atoms with Crippen LogP contribution in [0.2, 0.25) is 0 Å². The Morgan fingerprint density at radius 3 is 2.53 bits per heavy atom. The molecule has 1 aromatic carbocycles. The van der Waals surface area contributed by atoms with Gasteiger partial charge in [0.05, 0.1) is 19.8 Å². The quantitative estimate of drug-likeness (QED) is 0.674. The third-order valence-corrected chi connectivity index (χ3v) is 2.89. The van der Waals surface area contributed by atoms with E-state index in [1.165, 1.54) is 0 Å². The van der Waals surface area contributed by atoms with Gasteiger partial charge in [-0.05, 0) is 45.2 Å². The van der Waals surface area contributed by atoms with Gasteiger partial charge in [0.2, 0.25) is 0 Å². The van der Waals surface area contributed by atoms with Gasteiger partial charge in [0.15, 0.2) is 0 Å². The van der Waals surface area contributed by atoms with E-state index in [0.717, 1.165) is 30.8 Å². The summed E-state index contributed by atoms with van der Waals surface area (Å²) in [6, 6.07) is 7.65. The maximum atomic E-state index is 9.04. The number of hydrogen-bond acceptors (Lipinski definition) is 4. The van der Waals surface area contributed by atoms with E-state index in [0.29, 0.717) is 13.2 Å². The van der Waals surface area contributed by atoms with Crippen LogP contribution in [-0.4, -0.2) is 30.5 Å². The molecule has 0 spiro atoms. The fraction of sp³-hybridized carbons (Fsp3) is 0.600. The van der Waals surface area contributed by atoms with Crippen LogP contribution in [0.1, 0.15) is 33.1 Å². The highest BCUT2D eigenvalue weighted by Crippen LogP contribution is 2.19. The Morgan fingerprint density at radius 2 is 1.89 bits per heavy atom. The number of benzene rings is 1. The molecule has 0 saturated heterocycles. The van der Waals surface area contributed by atoms with Crippen molar-refractivity contribution >= 4 is 0 Å². The van der Waals surface area contributed by atoms with E-state index in [-0.39, 0.29) is 6.61 Å². The Kier molecular flexibility index (Phi) is 6.67. The van der Waals surface area contributed by atoms with Crippen LogP contribution < -0.4 is 15.2 Å². The summed E-state index contributed by atoms with van der Waals surface area (Å²) < 4.78 is 11.1. The first kappa shape index (κ1) is 15.8. The largest absolute Gasteiger partial charge is 0.494 e. The Bertz CT molecular complexity index is 366. The summed E-state index contributed by atoms with van der Waals surface area (Å²) in [5, 5.41) is 9.04. The lowest BCUT2D eigenvalue weighted by Gasteiger charge is -2.21. The van der Waals surface area contributed by atoms with Crippen molar-refractivity contribution in [1.82, 2.24) is 0 Å². The molecule has 108 valence electrons. The molecule has 1 unspecified atom stereocenters. The zero-order valence-corrected chi connectivity index (χ0v) is 11.9. The van der Waals surface area contributed by atoms with Gasteiger partial charge in [-0.25, -0.2) is 0 Å². The molecule has 4 nitrogen and oxygen atoms in total. The van der Waals surface area contributed by atoms with Crippen LogP contribution in [0.3, 0.4) is 0 Å². The molecule has 3 N–H and O–H groups in total. The lowest BCUT2D eigenvalue weighted by atomic mass is 9.97. The first-order valence-corrected chi connectivity index (χ1v) is 6.83. The number of unbranched alkanes of at least 4 members (excludes halogenated alkanes) is 1. The number of nitrogens with two attached hydrogens (primary N) is 1. The first-order valence-electron chi connectivity index (χ1n) is 6.83. The fourth-order valence-electron chi connectivity index (χ4n) is 1.72. The van der Waals surface area contributed by atoms with Gasteiger partial charge in [-0.2, -0.15) is 0 Å². The summed E-state index contributed by atoms with van der Waals surface area (Å²) in [5.41, 5.74) is 5.38. The normalized spacial score (nSPS) is 13.9. The predicted molar refractivity (Wildman–Crippen MR) is 76.6 cm³/mol. The van der Waals surface area contributed by atoms with Crippen LogP contribution in [0.25, 0.3) is 0 Å². The predicted octanol–water partition coefficient (Wildman–Crippen LogP) is 2.34. The molecule has 0 saturated carbocycles. The minimum atomic E-state index is -0.477. The summed E-state index contributed by atoms with van der Waals surface area (Å²) in [5.74, 6) is 1.65. The SMILES string of the molecule is CCOc1cccc(OCCCCC(C)(N)CO)c1. The van der Waals surface area contributed by atoms with Crippen molar-refractivity contribution in [1.29, 1.82) is 0 Å². The molecular weight excluding hydrogens is 242 g/mol. The molecule has 4 heteroatoms. The van der Waals surface area contributed by atoms with E-state index in [4.69, 9.17) is 20.3 Å². The van der Waals surface area contributed by atoms with E-state index in [1.807, 2.05) is 38.1 Å². The molecule has 0 heterocycles. The van der Waals surface area contributed by atoms with Crippen LogP contribution in [0.5, 0.6) is 11.5 Å². The van der Waals surface area contributed by atoms with Gasteiger partial charge >= 0.3 is 0 Å². The van der Waals surface area contributed by atoms with Gasteiger partial charge in [0.1, 0.15) is 11.5 Å². The summed E-state index contributed by atoms with van der Waals surface area (Å²) in [7, 11) is 0. The topological polar surface area (TPSA) is 64.7 Å². The second kappa shape index (κ2) is 8.02. The fourth-order valence-corrected chi connectivity index (χ4v) is 1.72. The van der Waals surface area contributed by atoms with Gasteiger partial charge in [-0.1, -0.05) is 6.07 Å². The molecule has 0 amide bonds. The van der Waals surface area contributed by atoms with Crippen molar-refractivity contribution < 1.29 is 14.6 Å². The Morgan fingerprint density at radius 1 is 1.21 bits per heavy atom. The molecule has 19 heavy (non-hydrogen) atoms. The van der Waals surface area contributed by atoms with E-state index >= 15 is 0 Å². The molecular formula is C15H25NO3. The Hall–Kier alpha value is -1.26. The molecule has 1 atom stereocenters. The average molecular weight is 267 g/mol. The van der Waals surface area contributed by atoms with E-state index in [9.17, 15) is 0 Å². The average Bonchev–Trinajstić information content (AvgIpc) is 2.39. The number of aliphatic hydroxyl groups is 1. The lowest BCUT2D eigenvalue weighted by molar-refractivity contribution is 0.194. The molecule has 0 aliphatic rings. The van der Waals surface area contributed by atoms with Crippen LogP contribution >= 0.6 is 0 Å². The van der Waals surface area contributed by atoms with E-state index in [1.54, 1.807) is 0 Å². The third-order valence-electron chi connectivity index (χ3n) is 2.89. The zero-order chi connectivity index (χ0) is 14.1. The lowest BCUT2D eigenvalue weighted by Crippen LogP contribution is -2.39. The molecule has 0 aromatic heterocycles. The first-order chi connectivity index (χ1) is 9.07. The molecule has 0 fully saturated rings. The maximum Gasteiger partial charge on any atom is 0.122 e. The minimum Gasteiger partial charge on any atom is -0.494 e. The summed E-state index contributed by atoms with van der Waals surface area (Å²) in [6.07, 6.45) is 2.66. The van der Waals surface area contributed by atoms with Crippen LogP contribution in [0.15, 0.2) is 24.3 Å². The number of ether oxygens (including phenoxy) is 2. The van der Waals surface area contributed by atoms with Crippen LogP contribution in [0, 0.1) is 0 Å². The highest BCUT2D eigenvalue weighted by molar-refractivity contribution is 5.32. The van der Waals surface area contributed by atoms with Crippen molar-refractivity contribution in [2.24, 2.45) is 5.73 Å². The monoisotopic (exact) mass is 267 g/mol. The molecule has 1 rings (SSSR count). The molecule has 0 aliphatic carbocycles. The van der Waals surface area contributed by atoms with Crippen molar-refractivity contribution in [2.75, 3.05) is 19.8 Å². The van der Waals surface area contributed by atoms with Gasteiger partial charge in [-0.15, -0.1) is 0 Å². The van der Waals surface area contributed by atoms with Crippen molar-refractivity contribution in [3.05, 3.63) is 24.3 Å². The molecule has 0 aliphatic heterocycles. The van der Waals surface area contributed by atoms with Crippen molar-refractivity contribution in [2.45, 2.75) is 38.6 Å². The second-order valence-electron chi connectivity index (χ2n) is 5.03. The van der Waals surface area contributed by atoms with Crippen LogP contribution in [0.4, 0.5) is 0 Å². The Labute approximate surface area is 115 Å². The smallest absolute Gasteiger partial charge is 0.122 e.